The minimum Gasteiger partial charge on any atom is -0.421 e. The Morgan fingerprint density at radius 2 is 1.81 bits per heavy atom. The Kier molecular flexibility index (Phi) is 6.50. The van der Waals surface area contributed by atoms with Crippen molar-refractivity contribution in [3.63, 3.8) is 0 Å². The third-order valence-electron chi connectivity index (χ3n) is 6.89. The van der Waals surface area contributed by atoms with Gasteiger partial charge in [-0.1, -0.05) is 53.5 Å². The van der Waals surface area contributed by atoms with Crippen molar-refractivity contribution >= 4 is 63.7 Å². The highest BCUT2D eigenvalue weighted by atomic mass is 35.5. The van der Waals surface area contributed by atoms with Crippen molar-refractivity contribution in [2.24, 2.45) is 0 Å². The Hall–Kier alpha value is -3.01. The molecule has 2 saturated heterocycles. The molecule has 3 amide bonds. The van der Waals surface area contributed by atoms with E-state index in [-0.39, 0.29) is 38.2 Å². The van der Waals surface area contributed by atoms with Gasteiger partial charge in [-0.25, -0.2) is 4.79 Å². The lowest BCUT2D eigenvalue weighted by molar-refractivity contribution is -0.151. The van der Waals surface area contributed by atoms with Gasteiger partial charge in [0.15, 0.2) is 5.58 Å². The average molecular weight is 560 g/mol. The Labute approximate surface area is 226 Å². The molecule has 192 valence electrons. The van der Waals surface area contributed by atoms with E-state index in [0.717, 1.165) is 0 Å². The molecule has 4 atom stereocenters. The van der Waals surface area contributed by atoms with Crippen LogP contribution in [0.25, 0.3) is 11.0 Å². The Morgan fingerprint density at radius 1 is 1.11 bits per heavy atom. The van der Waals surface area contributed by atoms with E-state index in [2.05, 4.69) is 24.5 Å². The summed E-state index contributed by atoms with van der Waals surface area (Å²) in [7, 11) is 0. The molecule has 2 aromatic carbocycles. The molecular weight excluding hydrogens is 537 g/mol. The monoisotopic (exact) mass is 559 g/mol. The highest BCUT2D eigenvalue weighted by Gasteiger charge is 2.60. The van der Waals surface area contributed by atoms with Gasteiger partial charge < -0.3 is 20.0 Å². The van der Waals surface area contributed by atoms with Crippen molar-refractivity contribution in [2.75, 3.05) is 0 Å². The van der Waals surface area contributed by atoms with E-state index in [1.807, 2.05) is 6.92 Å². The molecule has 8 nitrogen and oxygen atoms in total. The average Bonchev–Trinajstić information content (AvgIpc) is 3.07. The van der Waals surface area contributed by atoms with Crippen molar-refractivity contribution < 1.29 is 18.8 Å². The summed E-state index contributed by atoms with van der Waals surface area (Å²) in [6.45, 7) is 6.12. The van der Waals surface area contributed by atoms with Gasteiger partial charge in [-0.3, -0.25) is 14.4 Å². The maximum Gasteiger partial charge on any atom is 0.349 e. The molecule has 2 aliphatic heterocycles. The topological polar surface area (TPSA) is 109 Å². The zero-order valence-corrected chi connectivity index (χ0v) is 22.4. The van der Waals surface area contributed by atoms with E-state index in [1.165, 1.54) is 18.2 Å². The number of nitrogens with zero attached hydrogens (tertiary/aromatic N) is 1. The highest BCUT2D eigenvalue weighted by Crippen LogP contribution is 2.50. The van der Waals surface area contributed by atoms with E-state index in [4.69, 9.17) is 27.6 Å². The molecule has 3 aromatic rings. The van der Waals surface area contributed by atoms with Crippen LogP contribution < -0.4 is 16.3 Å². The number of carbonyl (C=O) groups excluding carboxylic acids is 3. The van der Waals surface area contributed by atoms with Crippen LogP contribution in [0.2, 0.25) is 10.0 Å². The minimum absolute atomic E-state index is 0.0295. The lowest BCUT2D eigenvalue weighted by atomic mass is 9.97. The van der Waals surface area contributed by atoms with Crippen LogP contribution in [0.5, 0.6) is 0 Å². The van der Waals surface area contributed by atoms with Crippen LogP contribution in [0, 0.1) is 0 Å². The molecule has 1 aromatic heterocycles. The van der Waals surface area contributed by atoms with E-state index in [9.17, 15) is 19.2 Å². The summed E-state index contributed by atoms with van der Waals surface area (Å²) in [6.07, 6.45) is 0. The summed E-state index contributed by atoms with van der Waals surface area (Å²) in [5, 5.41) is 6.05. The molecule has 0 bridgehead atoms. The summed E-state index contributed by atoms with van der Waals surface area (Å²) < 4.78 is 5.12. The molecule has 0 saturated carbocycles. The van der Waals surface area contributed by atoms with Gasteiger partial charge in [0.05, 0.1) is 5.02 Å². The van der Waals surface area contributed by atoms with E-state index in [0.29, 0.717) is 16.0 Å². The van der Waals surface area contributed by atoms with Crippen LogP contribution in [0.15, 0.2) is 57.7 Å². The van der Waals surface area contributed by atoms with E-state index >= 15 is 0 Å². The van der Waals surface area contributed by atoms with Crippen LogP contribution >= 0.6 is 35.0 Å². The molecule has 5 rings (SSSR count). The van der Waals surface area contributed by atoms with Crippen molar-refractivity contribution in [3.05, 3.63) is 80.1 Å². The van der Waals surface area contributed by atoms with Crippen molar-refractivity contribution in [1.29, 1.82) is 0 Å². The first-order chi connectivity index (χ1) is 17.5. The first-order valence-corrected chi connectivity index (χ1v) is 13.2. The normalized spacial score (nSPS) is 22.8. The number of benzene rings is 2. The van der Waals surface area contributed by atoms with Crippen molar-refractivity contribution in [2.45, 2.75) is 49.0 Å². The maximum absolute atomic E-state index is 13.4. The van der Waals surface area contributed by atoms with Crippen molar-refractivity contribution in [3.8, 4) is 0 Å². The fourth-order valence-corrected chi connectivity index (χ4v) is 6.81. The lowest BCUT2D eigenvalue weighted by Crippen LogP contribution is -2.69. The number of β-lactam (4-membered cyclic amide) rings is 1. The van der Waals surface area contributed by atoms with Gasteiger partial charge in [-0.15, -0.1) is 11.8 Å². The third-order valence-corrected chi connectivity index (χ3v) is 9.08. The van der Waals surface area contributed by atoms with Gasteiger partial charge in [-0.2, -0.15) is 0 Å². The first-order valence-electron chi connectivity index (χ1n) is 11.6. The minimum atomic E-state index is -1.16. The summed E-state index contributed by atoms with van der Waals surface area (Å²) in [5.41, 5.74) is -0.637. The molecule has 0 spiro atoms. The second-order valence-electron chi connectivity index (χ2n) is 9.59. The van der Waals surface area contributed by atoms with Gasteiger partial charge in [0.1, 0.15) is 23.0 Å². The largest absolute Gasteiger partial charge is 0.421 e. The number of rotatable bonds is 5. The van der Waals surface area contributed by atoms with Crippen LogP contribution in [-0.2, 0) is 9.59 Å². The molecular formula is C26H23Cl2N3O5S. The van der Waals surface area contributed by atoms with Crippen LogP contribution in [0.4, 0.5) is 0 Å². The molecule has 0 aliphatic carbocycles. The molecule has 1 unspecified atom stereocenters. The summed E-state index contributed by atoms with van der Waals surface area (Å²) in [5.74, 6) is -1.54. The second-order valence-corrected chi connectivity index (χ2v) is 12.2. The van der Waals surface area contributed by atoms with E-state index in [1.54, 1.807) is 47.0 Å². The van der Waals surface area contributed by atoms with Gasteiger partial charge in [0, 0.05) is 21.2 Å². The number of fused-ring (bicyclic) bond motifs is 2. The van der Waals surface area contributed by atoms with Crippen LogP contribution in [0.1, 0.15) is 42.7 Å². The van der Waals surface area contributed by atoms with Crippen LogP contribution in [0.3, 0.4) is 0 Å². The van der Waals surface area contributed by atoms with Gasteiger partial charge >= 0.3 is 5.63 Å². The van der Waals surface area contributed by atoms with Gasteiger partial charge in [-0.05, 0) is 44.5 Å². The fourth-order valence-electron chi connectivity index (χ4n) is 4.61. The fraction of sp³-hybridized carbons (Fsp3) is 0.308. The standard InChI is InChI=1S/C26H23Cl2N3O5S/c1-12-26(2,3)37-24-19(23(34)31(12)24)30-22(33)18(13-7-5-4-6-8-13)29-21(32)16-10-14-9-15(27)11-17(28)20(14)36-25(16)35/h4-12,18-19,24H,1-3H3,(H,29,32)(H,30,33)/t12-,18?,19+,24+/m0/s1. The highest BCUT2D eigenvalue weighted by molar-refractivity contribution is 8.01. The number of hydrogen-bond acceptors (Lipinski definition) is 6. The summed E-state index contributed by atoms with van der Waals surface area (Å²) in [4.78, 5) is 53.9. The molecule has 11 heteroatoms. The predicted molar refractivity (Wildman–Crippen MR) is 143 cm³/mol. The number of halogens is 2. The number of amides is 3. The summed E-state index contributed by atoms with van der Waals surface area (Å²) in [6, 6.07) is 11.0. The maximum atomic E-state index is 13.4. The molecule has 3 heterocycles. The first kappa shape index (κ1) is 25.6. The number of nitrogens with one attached hydrogen (secondary N) is 2. The SMILES string of the molecule is C[C@@H]1N2C(=O)[C@@H](NC(=O)C(NC(=O)c3cc4cc(Cl)cc(Cl)c4oc3=O)c3ccccc3)[C@H]2SC1(C)C. The molecule has 37 heavy (non-hydrogen) atoms. The molecule has 0 radical (unpaired) electrons. The molecule has 2 aliphatic rings. The number of hydrogen-bond donors (Lipinski definition) is 2. The van der Waals surface area contributed by atoms with Gasteiger partial charge in [0.2, 0.25) is 11.8 Å². The number of thioether (sulfide) groups is 1. The van der Waals surface area contributed by atoms with Crippen LogP contribution in [-0.4, -0.2) is 44.8 Å². The Bertz CT molecular complexity index is 1490. The zero-order chi connectivity index (χ0) is 26.6. The van der Waals surface area contributed by atoms with Gasteiger partial charge in [0.25, 0.3) is 5.91 Å². The Morgan fingerprint density at radius 3 is 2.51 bits per heavy atom. The second kappa shape index (κ2) is 9.38. The Balaban J connectivity index is 1.42. The zero-order valence-electron chi connectivity index (χ0n) is 20.1. The lowest BCUT2D eigenvalue weighted by Gasteiger charge is -2.44. The number of carbonyl (C=O) groups is 3. The third kappa shape index (κ3) is 4.49. The van der Waals surface area contributed by atoms with E-state index < -0.39 is 29.5 Å². The van der Waals surface area contributed by atoms with Crippen molar-refractivity contribution in [1.82, 2.24) is 15.5 Å². The quantitative estimate of drug-likeness (QED) is 0.359. The predicted octanol–water partition coefficient (Wildman–Crippen LogP) is 4.14. The molecule has 2 fully saturated rings. The smallest absolute Gasteiger partial charge is 0.349 e. The summed E-state index contributed by atoms with van der Waals surface area (Å²) >= 11 is 13.8. The molecule has 2 N–H and O–H groups in total.